The molecule has 1 saturated heterocycles. The Labute approximate surface area is 184 Å². The highest BCUT2D eigenvalue weighted by Gasteiger charge is 2.27. The highest BCUT2D eigenvalue weighted by atomic mass is 32.2. The molecule has 168 valence electrons. The summed E-state index contributed by atoms with van der Waals surface area (Å²) in [6.07, 6.45) is 0.551. The Bertz CT molecular complexity index is 1310. The van der Waals surface area contributed by atoms with E-state index >= 15 is 0 Å². The van der Waals surface area contributed by atoms with E-state index in [1.54, 1.807) is 19.9 Å². The van der Waals surface area contributed by atoms with Crippen LogP contribution in [0.3, 0.4) is 0 Å². The lowest BCUT2D eigenvalue weighted by Gasteiger charge is -2.33. The molecule has 8 nitrogen and oxygen atoms in total. The molecule has 4 rings (SSSR count). The first-order valence-electron chi connectivity index (χ1n) is 10.0. The summed E-state index contributed by atoms with van der Waals surface area (Å²) in [6, 6.07) is 9.48. The second-order valence-electron chi connectivity index (χ2n) is 7.68. The second-order valence-corrected chi connectivity index (χ2v) is 9.33. The first-order chi connectivity index (χ1) is 15.2. The molecule has 2 heterocycles. The standard InChI is InChI=1S/C22H21FN2O6S/c1-13(2)30-22(27)15-6-3-4-7-20(15)32(28,29)24-21(26)19-12-16-17(23)10-14(11-18(16)31-19)25-8-5-9-25/h3-4,6-7,10-13H,5,8-9H2,1-2H3,(H,24,26). The van der Waals surface area contributed by atoms with E-state index in [4.69, 9.17) is 9.15 Å². The fourth-order valence-electron chi connectivity index (χ4n) is 3.33. The van der Waals surface area contributed by atoms with Crippen LogP contribution in [0.4, 0.5) is 10.1 Å². The van der Waals surface area contributed by atoms with Crippen molar-refractivity contribution in [1.29, 1.82) is 0 Å². The highest BCUT2D eigenvalue weighted by molar-refractivity contribution is 7.90. The number of anilines is 1. The Balaban J connectivity index is 1.62. The highest BCUT2D eigenvalue weighted by Crippen LogP contribution is 2.30. The van der Waals surface area contributed by atoms with E-state index in [-0.39, 0.29) is 22.3 Å². The predicted molar refractivity (Wildman–Crippen MR) is 115 cm³/mol. The van der Waals surface area contributed by atoms with Gasteiger partial charge in [0.25, 0.3) is 10.0 Å². The molecule has 10 heteroatoms. The van der Waals surface area contributed by atoms with Crippen LogP contribution in [0, 0.1) is 5.82 Å². The van der Waals surface area contributed by atoms with Crippen LogP contribution in [-0.2, 0) is 14.8 Å². The molecule has 3 aromatic rings. The first kappa shape index (κ1) is 21.8. The van der Waals surface area contributed by atoms with Gasteiger partial charge in [-0.3, -0.25) is 4.79 Å². The van der Waals surface area contributed by atoms with Crippen molar-refractivity contribution < 1.29 is 31.6 Å². The van der Waals surface area contributed by atoms with Crippen LogP contribution in [0.1, 0.15) is 41.2 Å². The van der Waals surface area contributed by atoms with Gasteiger partial charge in [0.05, 0.1) is 17.1 Å². The normalized spacial score (nSPS) is 13.8. The minimum atomic E-state index is -4.45. The SMILES string of the molecule is CC(C)OC(=O)c1ccccc1S(=O)(=O)NC(=O)c1cc2c(F)cc(N3CCC3)cc2o1. The van der Waals surface area contributed by atoms with Crippen LogP contribution in [0.25, 0.3) is 11.0 Å². The third-order valence-electron chi connectivity index (χ3n) is 4.98. The number of nitrogens with one attached hydrogen (secondary N) is 1. The lowest BCUT2D eigenvalue weighted by Crippen LogP contribution is -2.36. The van der Waals surface area contributed by atoms with Gasteiger partial charge >= 0.3 is 11.9 Å². The van der Waals surface area contributed by atoms with Crippen molar-refractivity contribution >= 4 is 38.6 Å². The average Bonchev–Trinajstić information content (AvgIpc) is 3.11. The van der Waals surface area contributed by atoms with E-state index < -0.39 is 38.7 Å². The molecule has 1 aliphatic heterocycles. The Hall–Kier alpha value is -3.40. The van der Waals surface area contributed by atoms with Crippen molar-refractivity contribution in [2.24, 2.45) is 0 Å². The minimum Gasteiger partial charge on any atom is -0.459 e. The van der Waals surface area contributed by atoms with Gasteiger partial charge in [-0.1, -0.05) is 12.1 Å². The maximum Gasteiger partial charge on any atom is 0.339 e. The number of amides is 1. The van der Waals surface area contributed by atoms with Crippen molar-refractivity contribution in [3.05, 3.63) is 59.6 Å². The summed E-state index contributed by atoms with van der Waals surface area (Å²) in [4.78, 5) is 26.5. The van der Waals surface area contributed by atoms with E-state index in [2.05, 4.69) is 0 Å². The molecule has 2 aromatic carbocycles. The third-order valence-corrected chi connectivity index (χ3v) is 6.37. The summed E-state index contributed by atoms with van der Waals surface area (Å²) in [5.41, 5.74) is 0.555. The Kier molecular flexibility index (Phi) is 5.64. The molecule has 1 aromatic heterocycles. The number of furan rings is 1. The fraction of sp³-hybridized carbons (Fsp3) is 0.273. The monoisotopic (exact) mass is 460 g/mol. The van der Waals surface area contributed by atoms with Crippen molar-refractivity contribution in [2.75, 3.05) is 18.0 Å². The van der Waals surface area contributed by atoms with E-state index in [1.165, 1.54) is 30.3 Å². The van der Waals surface area contributed by atoms with Crippen LogP contribution in [-0.4, -0.2) is 39.5 Å². The Morgan fingerprint density at radius 1 is 1.16 bits per heavy atom. The Morgan fingerprint density at radius 3 is 2.53 bits per heavy atom. The van der Waals surface area contributed by atoms with Gasteiger partial charge in [0.2, 0.25) is 0 Å². The zero-order chi connectivity index (χ0) is 23.0. The summed E-state index contributed by atoms with van der Waals surface area (Å²) < 4.78 is 52.6. The smallest absolute Gasteiger partial charge is 0.339 e. The van der Waals surface area contributed by atoms with E-state index in [0.29, 0.717) is 5.69 Å². The summed E-state index contributed by atoms with van der Waals surface area (Å²) in [5.74, 6) is -2.86. The van der Waals surface area contributed by atoms with Crippen LogP contribution < -0.4 is 9.62 Å². The minimum absolute atomic E-state index is 0.0673. The van der Waals surface area contributed by atoms with E-state index in [0.717, 1.165) is 25.6 Å². The lowest BCUT2D eigenvalue weighted by atomic mass is 10.1. The number of hydrogen-bond acceptors (Lipinski definition) is 7. The second kappa shape index (κ2) is 8.27. The number of fused-ring (bicyclic) bond motifs is 1. The predicted octanol–water partition coefficient (Wildman–Crippen LogP) is 3.47. The summed E-state index contributed by atoms with van der Waals surface area (Å²) in [6.45, 7) is 4.86. The number of carbonyl (C=O) groups is 2. The van der Waals surface area contributed by atoms with Gasteiger partial charge in [-0.15, -0.1) is 0 Å². The molecular formula is C22H21FN2O6S. The van der Waals surface area contributed by atoms with Gasteiger partial charge in [0.15, 0.2) is 5.76 Å². The molecule has 0 radical (unpaired) electrons. The summed E-state index contributed by atoms with van der Waals surface area (Å²) in [5, 5.41) is 0.0673. The fourth-order valence-corrected chi connectivity index (χ4v) is 4.48. The van der Waals surface area contributed by atoms with Gasteiger partial charge in [-0.2, -0.15) is 0 Å². The van der Waals surface area contributed by atoms with Gasteiger partial charge < -0.3 is 14.1 Å². The molecule has 0 bridgehead atoms. The largest absolute Gasteiger partial charge is 0.459 e. The van der Waals surface area contributed by atoms with Gasteiger partial charge in [-0.05, 0) is 38.5 Å². The molecule has 1 fully saturated rings. The summed E-state index contributed by atoms with van der Waals surface area (Å²) in [7, 11) is -4.45. The maximum atomic E-state index is 14.5. The zero-order valence-corrected chi connectivity index (χ0v) is 18.2. The van der Waals surface area contributed by atoms with Crippen LogP contribution in [0.2, 0.25) is 0 Å². The van der Waals surface area contributed by atoms with Crippen molar-refractivity contribution in [2.45, 2.75) is 31.3 Å². The molecule has 0 atom stereocenters. The molecule has 1 aliphatic rings. The molecule has 0 saturated carbocycles. The zero-order valence-electron chi connectivity index (χ0n) is 17.4. The molecule has 32 heavy (non-hydrogen) atoms. The number of sulfonamides is 1. The first-order valence-corrected chi connectivity index (χ1v) is 11.5. The number of esters is 1. The molecule has 0 spiro atoms. The Morgan fingerprint density at radius 2 is 1.88 bits per heavy atom. The number of rotatable bonds is 6. The number of halogens is 1. The number of carbonyl (C=O) groups excluding carboxylic acids is 2. The quantitative estimate of drug-likeness (QED) is 0.562. The van der Waals surface area contributed by atoms with Crippen molar-refractivity contribution in [3.8, 4) is 0 Å². The lowest BCUT2D eigenvalue weighted by molar-refractivity contribution is 0.0373. The number of nitrogens with zero attached hydrogens (tertiary/aromatic N) is 1. The van der Waals surface area contributed by atoms with Crippen LogP contribution in [0.15, 0.2) is 51.8 Å². The van der Waals surface area contributed by atoms with Gasteiger partial charge in [0.1, 0.15) is 16.3 Å². The molecule has 0 aliphatic carbocycles. The van der Waals surface area contributed by atoms with E-state index in [1.807, 2.05) is 9.62 Å². The third kappa shape index (κ3) is 4.18. The van der Waals surface area contributed by atoms with Crippen molar-refractivity contribution in [1.82, 2.24) is 4.72 Å². The molecule has 1 N–H and O–H groups in total. The molecule has 0 unspecified atom stereocenters. The number of hydrogen-bond donors (Lipinski definition) is 1. The summed E-state index contributed by atoms with van der Waals surface area (Å²) >= 11 is 0. The topological polar surface area (TPSA) is 106 Å². The average molecular weight is 460 g/mol. The van der Waals surface area contributed by atoms with Gasteiger partial charge in [0, 0.05) is 30.9 Å². The molecular weight excluding hydrogens is 439 g/mol. The van der Waals surface area contributed by atoms with E-state index in [9.17, 15) is 22.4 Å². The number of benzene rings is 2. The van der Waals surface area contributed by atoms with Crippen LogP contribution >= 0.6 is 0 Å². The number of ether oxygens (including phenoxy) is 1. The van der Waals surface area contributed by atoms with Crippen LogP contribution in [0.5, 0.6) is 0 Å². The van der Waals surface area contributed by atoms with Gasteiger partial charge in [-0.25, -0.2) is 22.3 Å². The maximum absolute atomic E-state index is 14.5. The molecule has 1 amide bonds. The van der Waals surface area contributed by atoms with Crippen molar-refractivity contribution in [3.63, 3.8) is 0 Å².